The van der Waals surface area contributed by atoms with Gasteiger partial charge in [-0.3, -0.25) is 0 Å². The lowest BCUT2D eigenvalue weighted by molar-refractivity contribution is 0.191. The number of nitrogens with zero attached hydrogens (tertiary/aromatic N) is 1. The Kier molecular flexibility index (Phi) is 6.26. The monoisotopic (exact) mass is 385 g/mol. The maximum absolute atomic E-state index is 13.1. The van der Waals surface area contributed by atoms with E-state index in [1.165, 1.54) is 6.20 Å². The van der Waals surface area contributed by atoms with E-state index in [1.54, 1.807) is 30.3 Å². The second-order valence-corrected chi connectivity index (χ2v) is 8.14. The summed E-state index contributed by atoms with van der Waals surface area (Å²) in [6, 6.07) is 8.43. The van der Waals surface area contributed by atoms with E-state index in [9.17, 15) is 8.42 Å². The number of hydrogen-bond donors (Lipinski definition) is 2. The molecule has 0 bridgehead atoms. The Morgan fingerprint density at radius 2 is 2.08 bits per heavy atom. The third-order valence-corrected chi connectivity index (χ3v) is 6.65. The van der Waals surface area contributed by atoms with Crippen molar-refractivity contribution in [1.82, 2.24) is 9.88 Å². The van der Waals surface area contributed by atoms with Crippen molar-refractivity contribution in [3.63, 3.8) is 0 Å². The summed E-state index contributed by atoms with van der Waals surface area (Å²) in [5.41, 5.74) is 5.90. The lowest BCUT2D eigenvalue weighted by atomic mass is 9.74. The van der Waals surface area contributed by atoms with E-state index in [2.05, 4.69) is 16.8 Å². The fourth-order valence-corrected chi connectivity index (χ4v) is 5.24. The molecule has 25 heavy (non-hydrogen) atoms. The minimum Gasteiger partial charge on any atom is -0.356 e. The Bertz CT molecular complexity index is 795. The number of sulfonamides is 1. The highest BCUT2D eigenvalue weighted by molar-refractivity contribution is 7.89. The molecule has 0 radical (unpaired) electrons. The van der Waals surface area contributed by atoms with Gasteiger partial charge in [0.25, 0.3) is 0 Å². The SMILES string of the molecule is CC1CCCCC1(CN)NS(=O)(=O)c1ccccc1-c1ccno1.Cl. The zero-order valence-electron chi connectivity index (χ0n) is 14.1. The number of benzene rings is 1. The maximum Gasteiger partial charge on any atom is 0.241 e. The number of halogens is 1. The van der Waals surface area contributed by atoms with E-state index in [-0.39, 0.29) is 29.8 Å². The van der Waals surface area contributed by atoms with Gasteiger partial charge in [-0.25, -0.2) is 13.1 Å². The first-order valence-electron chi connectivity index (χ1n) is 8.23. The summed E-state index contributed by atoms with van der Waals surface area (Å²) >= 11 is 0. The number of hydrogen-bond acceptors (Lipinski definition) is 5. The van der Waals surface area contributed by atoms with Crippen LogP contribution in [0.1, 0.15) is 32.6 Å². The van der Waals surface area contributed by atoms with Crippen LogP contribution in [-0.4, -0.2) is 25.7 Å². The van der Waals surface area contributed by atoms with Crippen molar-refractivity contribution in [3.8, 4) is 11.3 Å². The van der Waals surface area contributed by atoms with Gasteiger partial charge in [-0.1, -0.05) is 37.1 Å². The Morgan fingerprint density at radius 3 is 2.72 bits per heavy atom. The van der Waals surface area contributed by atoms with Gasteiger partial charge in [-0.05, 0) is 30.9 Å². The van der Waals surface area contributed by atoms with Crippen molar-refractivity contribution >= 4 is 22.4 Å². The second-order valence-electron chi connectivity index (χ2n) is 6.49. The predicted molar refractivity (Wildman–Crippen MR) is 98.9 cm³/mol. The van der Waals surface area contributed by atoms with E-state index in [4.69, 9.17) is 10.3 Å². The first-order valence-corrected chi connectivity index (χ1v) is 9.71. The van der Waals surface area contributed by atoms with E-state index < -0.39 is 15.6 Å². The molecule has 1 aliphatic rings. The lowest BCUT2D eigenvalue weighted by Crippen LogP contribution is -2.59. The molecule has 1 saturated carbocycles. The van der Waals surface area contributed by atoms with Crippen LogP contribution >= 0.6 is 12.4 Å². The molecule has 2 unspecified atom stereocenters. The smallest absolute Gasteiger partial charge is 0.241 e. The topological polar surface area (TPSA) is 98.2 Å². The first-order chi connectivity index (χ1) is 11.5. The normalized spacial score (nSPS) is 23.8. The fourth-order valence-electron chi connectivity index (χ4n) is 3.49. The summed E-state index contributed by atoms with van der Waals surface area (Å²) in [5, 5.41) is 3.67. The molecule has 1 aromatic heterocycles. The highest BCUT2D eigenvalue weighted by Crippen LogP contribution is 2.35. The molecular weight excluding hydrogens is 362 g/mol. The second kappa shape index (κ2) is 7.86. The van der Waals surface area contributed by atoms with Gasteiger partial charge >= 0.3 is 0 Å². The zero-order chi connectivity index (χ0) is 17.2. The van der Waals surface area contributed by atoms with Gasteiger partial charge in [0.2, 0.25) is 10.0 Å². The van der Waals surface area contributed by atoms with Crippen LogP contribution in [0.2, 0.25) is 0 Å². The molecule has 1 aromatic carbocycles. The van der Waals surface area contributed by atoms with E-state index in [0.29, 0.717) is 11.3 Å². The van der Waals surface area contributed by atoms with E-state index in [1.807, 2.05) is 0 Å². The first kappa shape index (κ1) is 19.9. The molecule has 2 atom stereocenters. The molecular formula is C17H24ClN3O3S. The molecule has 1 aliphatic carbocycles. The lowest BCUT2D eigenvalue weighted by Gasteiger charge is -2.42. The Labute approximate surface area is 154 Å². The maximum atomic E-state index is 13.1. The average molecular weight is 386 g/mol. The van der Waals surface area contributed by atoms with Crippen molar-refractivity contribution < 1.29 is 12.9 Å². The number of nitrogens with one attached hydrogen (secondary N) is 1. The highest BCUT2D eigenvalue weighted by Gasteiger charge is 2.41. The standard InChI is InChI=1S/C17H23N3O3S.ClH/c1-13-6-4-5-10-17(13,12-18)20-24(21,22)16-8-3-2-7-14(16)15-9-11-19-23-15;/h2-3,7-9,11,13,20H,4-6,10,12,18H2,1H3;1H. The molecule has 3 rings (SSSR count). The van der Waals surface area contributed by atoms with Gasteiger partial charge in [0.05, 0.1) is 11.1 Å². The molecule has 0 spiro atoms. The minimum absolute atomic E-state index is 0. The number of rotatable bonds is 5. The third kappa shape index (κ3) is 3.89. The van der Waals surface area contributed by atoms with Crippen molar-refractivity contribution in [2.45, 2.75) is 43.0 Å². The van der Waals surface area contributed by atoms with E-state index in [0.717, 1.165) is 25.7 Å². The quantitative estimate of drug-likeness (QED) is 0.824. The van der Waals surface area contributed by atoms with Crippen LogP contribution in [-0.2, 0) is 10.0 Å². The summed E-state index contributed by atoms with van der Waals surface area (Å²) in [5.74, 6) is 0.623. The average Bonchev–Trinajstić information content (AvgIpc) is 3.11. The highest BCUT2D eigenvalue weighted by atomic mass is 35.5. The van der Waals surface area contributed by atoms with Gasteiger partial charge in [-0.2, -0.15) is 0 Å². The summed E-state index contributed by atoms with van der Waals surface area (Å²) in [6.45, 7) is 2.36. The molecule has 1 fully saturated rings. The van der Waals surface area contributed by atoms with Gasteiger partial charge in [-0.15, -0.1) is 12.4 Å². The van der Waals surface area contributed by atoms with E-state index >= 15 is 0 Å². The van der Waals surface area contributed by atoms with Crippen molar-refractivity contribution in [2.75, 3.05) is 6.54 Å². The van der Waals surface area contributed by atoms with Crippen molar-refractivity contribution in [3.05, 3.63) is 36.5 Å². The summed E-state index contributed by atoms with van der Waals surface area (Å²) < 4.78 is 34.3. The molecule has 8 heteroatoms. The third-order valence-electron chi connectivity index (χ3n) is 5.04. The Balaban J connectivity index is 0.00000225. The van der Waals surface area contributed by atoms with Crippen LogP contribution in [0.4, 0.5) is 0 Å². The largest absolute Gasteiger partial charge is 0.356 e. The molecule has 2 aromatic rings. The summed E-state index contributed by atoms with van der Waals surface area (Å²) in [4.78, 5) is 0.187. The minimum atomic E-state index is -3.74. The van der Waals surface area contributed by atoms with Crippen molar-refractivity contribution in [1.29, 1.82) is 0 Å². The number of nitrogens with two attached hydrogens (primary N) is 1. The van der Waals surface area contributed by atoms with Crippen LogP contribution in [0.3, 0.4) is 0 Å². The van der Waals surface area contributed by atoms with Crippen LogP contribution in [0.15, 0.2) is 45.9 Å². The van der Waals surface area contributed by atoms with Gasteiger partial charge in [0.1, 0.15) is 0 Å². The van der Waals surface area contributed by atoms with Gasteiger partial charge in [0.15, 0.2) is 5.76 Å². The summed E-state index contributed by atoms with van der Waals surface area (Å²) in [7, 11) is -3.74. The molecule has 0 amide bonds. The molecule has 6 nitrogen and oxygen atoms in total. The molecule has 1 heterocycles. The van der Waals surface area contributed by atoms with Crippen LogP contribution in [0.25, 0.3) is 11.3 Å². The number of aromatic nitrogens is 1. The van der Waals surface area contributed by atoms with Gasteiger partial charge in [0, 0.05) is 23.7 Å². The Morgan fingerprint density at radius 1 is 1.32 bits per heavy atom. The van der Waals surface area contributed by atoms with Crippen LogP contribution < -0.4 is 10.5 Å². The zero-order valence-corrected chi connectivity index (χ0v) is 15.8. The molecule has 0 saturated heterocycles. The molecule has 3 N–H and O–H groups in total. The molecule has 138 valence electrons. The van der Waals surface area contributed by atoms with Crippen LogP contribution in [0, 0.1) is 5.92 Å². The fraction of sp³-hybridized carbons (Fsp3) is 0.471. The Hall–Kier alpha value is -1.41. The van der Waals surface area contributed by atoms with Crippen LogP contribution in [0.5, 0.6) is 0 Å². The molecule has 0 aliphatic heterocycles. The van der Waals surface area contributed by atoms with Gasteiger partial charge < -0.3 is 10.3 Å². The van der Waals surface area contributed by atoms with Crippen molar-refractivity contribution in [2.24, 2.45) is 11.7 Å². The summed E-state index contributed by atoms with van der Waals surface area (Å²) in [6.07, 6.45) is 5.32. The predicted octanol–water partition coefficient (Wildman–Crippen LogP) is 2.95.